The Kier molecular flexibility index (Phi) is 4.32. The maximum Gasteiger partial charge on any atom is 0.443 e. The molecule has 0 aliphatic rings. The van der Waals surface area contributed by atoms with Crippen LogP contribution >= 0.6 is 11.3 Å². The quantitative estimate of drug-likeness (QED) is 0.869. The molecule has 8 heteroatoms. The summed E-state index contributed by atoms with van der Waals surface area (Å²) < 4.78 is 37.8. The number of hydrogen-bond donors (Lipinski definition) is 1. The molecule has 0 bridgehead atoms. The highest BCUT2D eigenvalue weighted by molar-refractivity contribution is 7.14. The lowest BCUT2D eigenvalue weighted by atomic mass is 10.1. The number of carbonyl (C=O) groups is 2. The molecule has 0 saturated carbocycles. The second-order valence-corrected chi connectivity index (χ2v) is 5.52. The fraction of sp³-hybridized carbons (Fsp3) is 0.214. The molecule has 0 unspecified atom stereocenters. The summed E-state index contributed by atoms with van der Waals surface area (Å²) in [5.41, 5.74) is 0.742. The first-order valence-electron chi connectivity index (χ1n) is 6.15. The number of nitrogens with zero attached hydrogens (tertiary/aromatic N) is 1. The molecule has 2 rings (SSSR count). The zero-order valence-electron chi connectivity index (χ0n) is 11.6. The van der Waals surface area contributed by atoms with Gasteiger partial charge in [-0.3, -0.25) is 9.59 Å². The highest BCUT2D eigenvalue weighted by atomic mass is 32.1. The summed E-state index contributed by atoms with van der Waals surface area (Å²) in [5, 5.41) is 1.41. The van der Waals surface area contributed by atoms with E-state index in [1.165, 1.54) is 19.9 Å². The highest BCUT2D eigenvalue weighted by Gasteiger charge is 2.36. The number of ketones is 1. The number of Topliss-reactive ketones (excluding diaryl/α,β-unsaturated/α-hetero) is 1. The van der Waals surface area contributed by atoms with Crippen LogP contribution in [0.3, 0.4) is 0 Å². The molecule has 0 fully saturated rings. The van der Waals surface area contributed by atoms with Crippen LogP contribution in [0.4, 0.5) is 18.9 Å². The van der Waals surface area contributed by atoms with Gasteiger partial charge in [0, 0.05) is 11.3 Å². The van der Waals surface area contributed by atoms with Gasteiger partial charge in [0.05, 0.1) is 5.69 Å². The molecule has 0 aliphatic carbocycles. The zero-order valence-corrected chi connectivity index (χ0v) is 12.4. The second-order valence-electron chi connectivity index (χ2n) is 4.52. The minimum absolute atomic E-state index is 0.0116. The lowest BCUT2D eigenvalue weighted by molar-refractivity contribution is -0.137. The largest absolute Gasteiger partial charge is 0.443 e. The summed E-state index contributed by atoms with van der Waals surface area (Å²) in [6, 6.07) is 6.16. The molecule has 1 aromatic carbocycles. The van der Waals surface area contributed by atoms with Crippen LogP contribution in [0, 0.1) is 6.92 Å². The SMILES string of the molecule is CC(=O)c1cccc(NC(=O)c2sc(C(F)(F)F)nc2C)c1. The first kappa shape index (κ1) is 16.2. The van der Waals surface area contributed by atoms with Crippen molar-refractivity contribution in [2.75, 3.05) is 5.32 Å². The Morgan fingerprint density at radius 1 is 1.27 bits per heavy atom. The lowest BCUT2D eigenvalue weighted by Crippen LogP contribution is -2.12. The number of anilines is 1. The van der Waals surface area contributed by atoms with Crippen molar-refractivity contribution >= 4 is 28.7 Å². The van der Waals surface area contributed by atoms with E-state index in [4.69, 9.17) is 0 Å². The molecule has 0 saturated heterocycles. The molecular formula is C14H11F3N2O2S. The molecule has 0 atom stereocenters. The number of aryl methyl sites for hydroxylation is 1. The van der Waals surface area contributed by atoms with Crippen molar-refractivity contribution in [3.8, 4) is 0 Å². The Morgan fingerprint density at radius 2 is 1.95 bits per heavy atom. The van der Waals surface area contributed by atoms with Crippen molar-refractivity contribution in [2.45, 2.75) is 20.0 Å². The Labute approximate surface area is 128 Å². The van der Waals surface area contributed by atoms with Crippen LogP contribution in [-0.4, -0.2) is 16.7 Å². The molecule has 0 radical (unpaired) electrons. The topological polar surface area (TPSA) is 59.1 Å². The van der Waals surface area contributed by atoms with Gasteiger partial charge >= 0.3 is 6.18 Å². The highest BCUT2D eigenvalue weighted by Crippen LogP contribution is 2.34. The molecule has 1 aromatic heterocycles. The van der Waals surface area contributed by atoms with Crippen molar-refractivity contribution in [1.82, 2.24) is 4.98 Å². The summed E-state index contributed by atoms with van der Waals surface area (Å²) in [6.07, 6.45) is -4.58. The maximum absolute atomic E-state index is 12.6. The number of carbonyl (C=O) groups excluding carboxylic acids is 2. The van der Waals surface area contributed by atoms with Gasteiger partial charge in [-0.15, -0.1) is 11.3 Å². The Balaban J connectivity index is 2.25. The smallest absolute Gasteiger partial charge is 0.321 e. The number of halogens is 3. The van der Waals surface area contributed by atoms with Gasteiger partial charge in [0.1, 0.15) is 4.88 Å². The van der Waals surface area contributed by atoms with E-state index in [0.29, 0.717) is 11.3 Å². The lowest BCUT2D eigenvalue weighted by Gasteiger charge is -2.05. The van der Waals surface area contributed by atoms with Crippen LogP contribution in [-0.2, 0) is 6.18 Å². The first-order valence-corrected chi connectivity index (χ1v) is 6.97. The Bertz CT molecular complexity index is 738. The molecule has 0 spiro atoms. The number of thiazole rings is 1. The summed E-state index contributed by atoms with van der Waals surface area (Å²) in [4.78, 5) is 26.6. The minimum Gasteiger partial charge on any atom is -0.321 e. The van der Waals surface area contributed by atoms with Crippen LogP contribution in [0.25, 0.3) is 0 Å². The number of alkyl halides is 3. The summed E-state index contributed by atoms with van der Waals surface area (Å²) in [5.74, 6) is -0.865. The van der Waals surface area contributed by atoms with E-state index in [0.717, 1.165) is 0 Å². The third-order valence-electron chi connectivity index (χ3n) is 2.77. The van der Waals surface area contributed by atoms with Gasteiger partial charge < -0.3 is 5.32 Å². The standard InChI is InChI=1S/C14H11F3N2O2S/c1-7-11(22-13(18-7)14(15,16)17)12(21)19-10-5-3-4-9(6-10)8(2)20/h3-6H,1-2H3,(H,19,21). The maximum atomic E-state index is 12.6. The van der Waals surface area contributed by atoms with E-state index in [2.05, 4.69) is 10.3 Å². The third-order valence-corrected chi connectivity index (χ3v) is 3.97. The molecule has 1 heterocycles. The molecule has 0 aliphatic heterocycles. The van der Waals surface area contributed by atoms with E-state index < -0.39 is 17.1 Å². The van der Waals surface area contributed by atoms with Crippen LogP contribution in [0.5, 0.6) is 0 Å². The summed E-state index contributed by atoms with van der Waals surface area (Å²) in [7, 11) is 0. The van der Waals surface area contributed by atoms with Gasteiger partial charge in [0.2, 0.25) is 0 Å². The molecule has 22 heavy (non-hydrogen) atoms. The number of aromatic nitrogens is 1. The van der Waals surface area contributed by atoms with Crippen LogP contribution in [0.15, 0.2) is 24.3 Å². The Morgan fingerprint density at radius 3 is 2.50 bits per heavy atom. The molecule has 116 valence electrons. The number of nitrogens with one attached hydrogen (secondary N) is 1. The van der Waals surface area contributed by atoms with Gasteiger partial charge in [-0.25, -0.2) is 4.98 Å². The normalized spacial score (nSPS) is 11.3. The molecule has 4 nitrogen and oxygen atoms in total. The van der Waals surface area contributed by atoms with Gasteiger partial charge in [0.25, 0.3) is 5.91 Å². The molecule has 1 N–H and O–H groups in total. The fourth-order valence-electron chi connectivity index (χ4n) is 1.73. The van der Waals surface area contributed by atoms with E-state index in [1.54, 1.807) is 18.2 Å². The van der Waals surface area contributed by atoms with Crippen molar-refractivity contribution < 1.29 is 22.8 Å². The predicted octanol–water partition coefficient (Wildman–Crippen LogP) is 3.93. The summed E-state index contributed by atoms with van der Waals surface area (Å²) in [6.45, 7) is 2.72. The number of rotatable bonds is 3. The Hall–Kier alpha value is -2.22. The van der Waals surface area contributed by atoms with Crippen molar-refractivity contribution in [2.24, 2.45) is 0 Å². The number of benzene rings is 1. The van der Waals surface area contributed by atoms with Crippen molar-refractivity contribution in [1.29, 1.82) is 0 Å². The zero-order chi connectivity index (χ0) is 16.5. The second kappa shape index (κ2) is 5.88. The number of amides is 1. The average Bonchev–Trinajstić information content (AvgIpc) is 2.81. The molecule has 2 aromatic rings. The van der Waals surface area contributed by atoms with E-state index >= 15 is 0 Å². The fourth-order valence-corrected chi connectivity index (χ4v) is 2.56. The number of hydrogen-bond acceptors (Lipinski definition) is 4. The van der Waals surface area contributed by atoms with Gasteiger partial charge in [0.15, 0.2) is 10.8 Å². The van der Waals surface area contributed by atoms with Crippen LogP contribution < -0.4 is 5.32 Å². The third kappa shape index (κ3) is 3.51. The molecule has 1 amide bonds. The van der Waals surface area contributed by atoms with Gasteiger partial charge in [-0.2, -0.15) is 13.2 Å². The summed E-state index contributed by atoms with van der Waals surface area (Å²) >= 11 is 0.289. The van der Waals surface area contributed by atoms with Crippen LogP contribution in [0.1, 0.15) is 37.7 Å². The monoisotopic (exact) mass is 328 g/mol. The van der Waals surface area contributed by atoms with Crippen molar-refractivity contribution in [3.63, 3.8) is 0 Å². The van der Waals surface area contributed by atoms with Gasteiger partial charge in [-0.1, -0.05) is 12.1 Å². The predicted molar refractivity (Wildman–Crippen MR) is 76.3 cm³/mol. The minimum atomic E-state index is -4.58. The van der Waals surface area contributed by atoms with Gasteiger partial charge in [-0.05, 0) is 26.0 Å². The van der Waals surface area contributed by atoms with Crippen molar-refractivity contribution in [3.05, 3.63) is 45.4 Å². The van der Waals surface area contributed by atoms with E-state index in [9.17, 15) is 22.8 Å². The van der Waals surface area contributed by atoms with E-state index in [-0.39, 0.29) is 27.7 Å². The molecular weight excluding hydrogens is 317 g/mol. The first-order chi connectivity index (χ1) is 10.2. The van der Waals surface area contributed by atoms with Crippen LogP contribution in [0.2, 0.25) is 0 Å². The average molecular weight is 328 g/mol. The van der Waals surface area contributed by atoms with E-state index in [1.807, 2.05) is 0 Å².